The lowest BCUT2D eigenvalue weighted by Gasteiger charge is -2.37. The second-order valence-electron chi connectivity index (χ2n) is 8.08. The Morgan fingerprint density at radius 2 is 2.00 bits per heavy atom. The van der Waals surface area contributed by atoms with E-state index in [-0.39, 0.29) is 5.91 Å². The maximum absolute atomic E-state index is 12.4. The number of aromatic nitrogens is 2. The van der Waals surface area contributed by atoms with Gasteiger partial charge in [-0.15, -0.1) is 0 Å². The molecule has 2 aliphatic rings. The van der Waals surface area contributed by atoms with E-state index in [1.807, 2.05) is 18.2 Å². The van der Waals surface area contributed by atoms with E-state index in [4.69, 9.17) is 4.52 Å². The Balaban J connectivity index is 1.26. The number of carbonyl (C=O) groups is 1. The van der Waals surface area contributed by atoms with Crippen LogP contribution in [0.3, 0.4) is 0 Å². The smallest absolute Gasteiger partial charge is 0.253 e. The molecule has 4 heterocycles. The van der Waals surface area contributed by atoms with Crippen LogP contribution in [0.15, 0.2) is 28.9 Å². The number of carbonyl (C=O) groups excluding carboxylic acids is 1. The van der Waals surface area contributed by atoms with E-state index in [0.29, 0.717) is 17.9 Å². The quantitative estimate of drug-likeness (QED) is 0.774. The maximum Gasteiger partial charge on any atom is 0.253 e. The van der Waals surface area contributed by atoms with Crippen molar-refractivity contribution in [3.05, 3.63) is 41.4 Å². The largest absolute Gasteiger partial charge is 0.359 e. The van der Waals surface area contributed by atoms with Crippen molar-refractivity contribution in [2.24, 2.45) is 0 Å². The first-order chi connectivity index (χ1) is 14.2. The molecular formula is C22H31N5O2. The SMILES string of the molecule is CCCc1cc(CNC(=O)c2ccc(N3CCC(N4CCCC4)CC3)nc2)on1. The molecule has 156 valence electrons. The van der Waals surface area contributed by atoms with E-state index in [9.17, 15) is 4.79 Å². The van der Waals surface area contributed by atoms with Gasteiger partial charge in [0.15, 0.2) is 5.76 Å². The molecule has 4 rings (SSSR count). The molecule has 1 amide bonds. The van der Waals surface area contributed by atoms with Crippen LogP contribution < -0.4 is 10.2 Å². The zero-order valence-electron chi connectivity index (χ0n) is 17.3. The number of likely N-dealkylation sites (tertiary alicyclic amines) is 1. The Morgan fingerprint density at radius 3 is 2.69 bits per heavy atom. The van der Waals surface area contributed by atoms with Gasteiger partial charge in [-0.1, -0.05) is 18.5 Å². The molecule has 0 saturated carbocycles. The Hall–Kier alpha value is -2.41. The maximum atomic E-state index is 12.4. The minimum Gasteiger partial charge on any atom is -0.359 e. The van der Waals surface area contributed by atoms with Crippen LogP contribution in [0, 0.1) is 0 Å². The average molecular weight is 398 g/mol. The van der Waals surface area contributed by atoms with Crippen LogP contribution in [-0.4, -0.2) is 53.2 Å². The number of aryl methyl sites for hydroxylation is 1. The molecule has 2 saturated heterocycles. The van der Waals surface area contributed by atoms with E-state index in [1.165, 1.54) is 38.8 Å². The summed E-state index contributed by atoms with van der Waals surface area (Å²) in [5.74, 6) is 1.48. The number of nitrogens with one attached hydrogen (secondary N) is 1. The molecule has 2 aromatic rings. The van der Waals surface area contributed by atoms with Crippen molar-refractivity contribution in [2.75, 3.05) is 31.1 Å². The lowest BCUT2D eigenvalue weighted by atomic mass is 10.0. The fraction of sp³-hybridized carbons (Fsp3) is 0.591. The summed E-state index contributed by atoms with van der Waals surface area (Å²) in [6.45, 7) is 7.03. The molecule has 0 atom stereocenters. The minimum absolute atomic E-state index is 0.148. The van der Waals surface area contributed by atoms with Gasteiger partial charge in [0.05, 0.1) is 17.8 Å². The normalized spacial score (nSPS) is 18.3. The summed E-state index contributed by atoms with van der Waals surface area (Å²) in [5, 5.41) is 6.88. The van der Waals surface area contributed by atoms with Crippen molar-refractivity contribution in [2.45, 2.75) is 58.0 Å². The fourth-order valence-electron chi connectivity index (χ4n) is 4.36. The molecule has 2 fully saturated rings. The van der Waals surface area contributed by atoms with E-state index in [1.54, 1.807) is 6.20 Å². The highest BCUT2D eigenvalue weighted by atomic mass is 16.5. The van der Waals surface area contributed by atoms with Crippen molar-refractivity contribution < 1.29 is 9.32 Å². The van der Waals surface area contributed by atoms with Crippen LogP contribution >= 0.6 is 0 Å². The zero-order chi connectivity index (χ0) is 20.1. The van der Waals surface area contributed by atoms with Gasteiger partial charge in [0.2, 0.25) is 0 Å². The third-order valence-electron chi connectivity index (χ3n) is 5.99. The molecule has 0 bridgehead atoms. The highest BCUT2D eigenvalue weighted by molar-refractivity contribution is 5.93. The Labute approximate surface area is 172 Å². The van der Waals surface area contributed by atoms with Crippen LogP contribution in [0.4, 0.5) is 5.82 Å². The molecular weight excluding hydrogens is 366 g/mol. The molecule has 0 radical (unpaired) electrons. The molecule has 29 heavy (non-hydrogen) atoms. The number of rotatable bonds is 7. The van der Waals surface area contributed by atoms with Crippen molar-refractivity contribution in [3.8, 4) is 0 Å². The van der Waals surface area contributed by atoms with Crippen molar-refractivity contribution in [1.29, 1.82) is 0 Å². The second-order valence-corrected chi connectivity index (χ2v) is 8.08. The molecule has 2 aliphatic heterocycles. The van der Waals surface area contributed by atoms with Crippen molar-refractivity contribution >= 4 is 11.7 Å². The van der Waals surface area contributed by atoms with Crippen LogP contribution in [-0.2, 0) is 13.0 Å². The van der Waals surface area contributed by atoms with Gasteiger partial charge in [0, 0.05) is 31.4 Å². The molecule has 1 N–H and O–H groups in total. The van der Waals surface area contributed by atoms with Crippen LogP contribution in [0.1, 0.15) is 60.8 Å². The van der Waals surface area contributed by atoms with Gasteiger partial charge in [-0.05, 0) is 57.3 Å². The number of hydrogen-bond acceptors (Lipinski definition) is 6. The predicted molar refractivity (Wildman–Crippen MR) is 112 cm³/mol. The first-order valence-corrected chi connectivity index (χ1v) is 10.9. The van der Waals surface area contributed by atoms with E-state index < -0.39 is 0 Å². The third kappa shape index (κ3) is 4.96. The molecule has 7 nitrogen and oxygen atoms in total. The number of pyridine rings is 1. The van der Waals surface area contributed by atoms with Crippen LogP contribution in [0.5, 0.6) is 0 Å². The number of anilines is 1. The lowest BCUT2D eigenvalue weighted by molar-refractivity contribution is 0.0946. The van der Waals surface area contributed by atoms with E-state index in [0.717, 1.165) is 43.5 Å². The Bertz CT molecular complexity index is 790. The molecule has 0 aliphatic carbocycles. The Morgan fingerprint density at radius 1 is 1.21 bits per heavy atom. The highest BCUT2D eigenvalue weighted by Crippen LogP contribution is 2.24. The number of amides is 1. The summed E-state index contributed by atoms with van der Waals surface area (Å²) in [6, 6.07) is 6.44. The summed E-state index contributed by atoms with van der Waals surface area (Å²) in [5.41, 5.74) is 1.49. The standard InChI is InChI=1S/C22H31N5O2/c1-2-5-18-14-20(29-25-18)16-24-22(28)17-6-7-21(23-15-17)27-12-8-19(9-13-27)26-10-3-4-11-26/h6-7,14-15,19H,2-5,8-13,16H2,1H3,(H,24,28). The fourth-order valence-corrected chi connectivity index (χ4v) is 4.36. The topological polar surface area (TPSA) is 74.5 Å². The zero-order valence-corrected chi connectivity index (χ0v) is 17.3. The van der Waals surface area contributed by atoms with Gasteiger partial charge >= 0.3 is 0 Å². The number of hydrogen-bond donors (Lipinski definition) is 1. The van der Waals surface area contributed by atoms with Gasteiger partial charge in [-0.2, -0.15) is 0 Å². The van der Waals surface area contributed by atoms with Gasteiger partial charge < -0.3 is 19.6 Å². The monoisotopic (exact) mass is 397 g/mol. The number of piperidine rings is 1. The summed E-state index contributed by atoms with van der Waals surface area (Å²) in [7, 11) is 0. The summed E-state index contributed by atoms with van der Waals surface area (Å²) < 4.78 is 5.26. The van der Waals surface area contributed by atoms with Gasteiger partial charge in [-0.25, -0.2) is 4.98 Å². The highest BCUT2D eigenvalue weighted by Gasteiger charge is 2.26. The summed E-state index contributed by atoms with van der Waals surface area (Å²) in [4.78, 5) is 21.9. The second kappa shape index (κ2) is 9.39. The summed E-state index contributed by atoms with van der Waals surface area (Å²) in [6.07, 6.45) is 8.66. The van der Waals surface area contributed by atoms with E-state index in [2.05, 4.69) is 32.2 Å². The first-order valence-electron chi connectivity index (χ1n) is 10.9. The van der Waals surface area contributed by atoms with Gasteiger partial charge in [0.25, 0.3) is 5.91 Å². The van der Waals surface area contributed by atoms with Gasteiger partial charge in [-0.3, -0.25) is 4.79 Å². The van der Waals surface area contributed by atoms with Crippen LogP contribution in [0.25, 0.3) is 0 Å². The van der Waals surface area contributed by atoms with Crippen LogP contribution in [0.2, 0.25) is 0 Å². The molecule has 0 aromatic carbocycles. The molecule has 7 heteroatoms. The number of nitrogens with zero attached hydrogens (tertiary/aromatic N) is 4. The minimum atomic E-state index is -0.148. The van der Waals surface area contributed by atoms with Crippen molar-refractivity contribution in [3.63, 3.8) is 0 Å². The van der Waals surface area contributed by atoms with Gasteiger partial charge in [0.1, 0.15) is 5.82 Å². The Kier molecular flexibility index (Phi) is 6.44. The molecule has 0 unspecified atom stereocenters. The average Bonchev–Trinajstić information content (AvgIpc) is 3.45. The predicted octanol–water partition coefficient (Wildman–Crippen LogP) is 3.02. The van der Waals surface area contributed by atoms with Crippen molar-refractivity contribution in [1.82, 2.24) is 20.4 Å². The van der Waals surface area contributed by atoms with E-state index >= 15 is 0 Å². The first kappa shape index (κ1) is 19.9. The third-order valence-corrected chi connectivity index (χ3v) is 5.99. The summed E-state index contributed by atoms with van der Waals surface area (Å²) >= 11 is 0. The molecule has 0 spiro atoms. The lowest BCUT2D eigenvalue weighted by Crippen LogP contribution is -2.44. The molecule has 2 aromatic heterocycles.